The van der Waals surface area contributed by atoms with E-state index in [0.29, 0.717) is 24.0 Å². The number of carbonyl (C=O) groups is 1. The first-order chi connectivity index (χ1) is 21.8. The Morgan fingerprint density at radius 3 is 2.35 bits per heavy atom. The molecule has 3 aromatic rings. The Bertz CT molecular complexity index is 1820. The number of carboxylic acid groups (broad SMARTS) is 1. The van der Waals surface area contributed by atoms with Crippen LogP contribution in [0.3, 0.4) is 0 Å². The van der Waals surface area contributed by atoms with Gasteiger partial charge in [0.05, 0.1) is 4.90 Å². The lowest BCUT2D eigenvalue weighted by Gasteiger charge is -2.33. The van der Waals surface area contributed by atoms with Crippen molar-refractivity contribution in [1.82, 2.24) is 0 Å². The van der Waals surface area contributed by atoms with Crippen molar-refractivity contribution < 1.29 is 27.6 Å². The number of allylic oxidation sites excluding steroid dienone is 6. The number of aliphatic carboxylic acids is 1. The molecular formula is C38H43NO6S. The number of hydrogen-bond acceptors (Lipinski definition) is 5. The van der Waals surface area contributed by atoms with Gasteiger partial charge in [0, 0.05) is 53.4 Å². The van der Waals surface area contributed by atoms with E-state index in [1.54, 1.807) is 6.07 Å². The van der Waals surface area contributed by atoms with E-state index in [9.17, 15) is 22.9 Å². The summed E-state index contributed by atoms with van der Waals surface area (Å²) in [6.45, 7) is 16.2. The fourth-order valence-electron chi connectivity index (χ4n) is 6.06. The molecule has 2 N–H and O–H groups in total. The molecule has 4 rings (SSSR count). The predicted molar refractivity (Wildman–Crippen MR) is 186 cm³/mol. The number of anilines is 1. The molecule has 1 aliphatic rings. The van der Waals surface area contributed by atoms with Crippen LogP contribution in [0, 0.1) is 6.92 Å². The first-order valence-corrected chi connectivity index (χ1v) is 17.0. The van der Waals surface area contributed by atoms with Gasteiger partial charge < -0.3 is 14.7 Å². The zero-order chi connectivity index (χ0) is 33.6. The molecule has 0 bridgehead atoms. The second-order valence-corrected chi connectivity index (χ2v) is 13.2. The van der Waals surface area contributed by atoms with E-state index in [1.807, 2.05) is 69.3 Å². The van der Waals surface area contributed by atoms with Gasteiger partial charge in [-0.15, -0.1) is 0 Å². The zero-order valence-corrected chi connectivity index (χ0v) is 28.0. The molecule has 0 aliphatic carbocycles. The van der Waals surface area contributed by atoms with Crippen LogP contribution < -0.4 is 9.64 Å². The largest absolute Gasteiger partial charge is 0.481 e. The fraction of sp³-hybridized carbons (Fsp3) is 0.289. The molecule has 0 saturated carbocycles. The van der Waals surface area contributed by atoms with E-state index in [4.69, 9.17) is 4.74 Å². The van der Waals surface area contributed by atoms with Crippen LogP contribution in [0.25, 0.3) is 11.3 Å². The Labute approximate surface area is 273 Å². The topological polar surface area (TPSA) is 104 Å². The van der Waals surface area contributed by atoms with Gasteiger partial charge in [-0.05, 0) is 87.1 Å². The van der Waals surface area contributed by atoms with Gasteiger partial charge in [0.25, 0.3) is 10.1 Å². The number of fused-ring (bicyclic) bond motifs is 1. The Morgan fingerprint density at radius 1 is 1.02 bits per heavy atom. The summed E-state index contributed by atoms with van der Waals surface area (Å²) in [5, 5.41) is 9.32. The SMILES string of the molecule is C=C(/C=C/C=C1\C(C)=C(c2ccccc2)Oc2cc(N(CC)CC)ccc21)C(C)(CCCC(=O)O)c1cc(S(=O)(=O)O)ccc1C. The van der Waals surface area contributed by atoms with Crippen LogP contribution in [0.5, 0.6) is 5.75 Å². The molecule has 46 heavy (non-hydrogen) atoms. The van der Waals surface area contributed by atoms with E-state index in [0.717, 1.165) is 58.1 Å². The van der Waals surface area contributed by atoms with Gasteiger partial charge in [-0.1, -0.05) is 68.1 Å². The lowest BCUT2D eigenvalue weighted by molar-refractivity contribution is -0.137. The van der Waals surface area contributed by atoms with Crippen molar-refractivity contribution in [2.24, 2.45) is 0 Å². The van der Waals surface area contributed by atoms with E-state index in [2.05, 4.69) is 43.5 Å². The van der Waals surface area contributed by atoms with Crippen molar-refractivity contribution >= 4 is 33.1 Å². The van der Waals surface area contributed by atoms with Gasteiger partial charge in [-0.2, -0.15) is 8.42 Å². The van der Waals surface area contributed by atoms with Gasteiger partial charge in [-0.3, -0.25) is 9.35 Å². The molecule has 0 radical (unpaired) electrons. The van der Waals surface area contributed by atoms with Crippen molar-refractivity contribution in [2.45, 2.75) is 64.2 Å². The minimum Gasteiger partial charge on any atom is -0.481 e. The summed E-state index contributed by atoms with van der Waals surface area (Å²) in [6.07, 6.45) is 6.58. The zero-order valence-electron chi connectivity index (χ0n) is 27.2. The molecule has 1 unspecified atom stereocenters. The summed E-state index contributed by atoms with van der Waals surface area (Å²) in [6, 6.07) is 20.7. The minimum absolute atomic E-state index is 0.0355. The van der Waals surface area contributed by atoms with Crippen molar-refractivity contribution in [2.75, 3.05) is 18.0 Å². The second kappa shape index (κ2) is 14.4. The number of nitrogens with zero attached hydrogens (tertiary/aromatic N) is 1. The molecule has 3 aromatic carbocycles. The number of ether oxygens (including phenoxy) is 1. The maximum absolute atomic E-state index is 12.0. The maximum atomic E-state index is 12.0. The van der Waals surface area contributed by atoms with Crippen LogP contribution in [0.2, 0.25) is 0 Å². The number of carboxylic acids is 1. The summed E-state index contributed by atoms with van der Waals surface area (Å²) >= 11 is 0. The third-order valence-electron chi connectivity index (χ3n) is 8.81. The molecule has 0 aromatic heterocycles. The third-order valence-corrected chi connectivity index (χ3v) is 9.66. The predicted octanol–water partition coefficient (Wildman–Crippen LogP) is 8.62. The molecule has 0 fully saturated rings. The quantitative estimate of drug-likeness (QED) is 0.142. The molecule has 7 nitrogen and oxygen atoms in total. The van der Waals surface area contributed by atoms with E-state index in [1.165, 1.54) is 12.1 Å². The van der Waals surface area contributed by atoms with Crippen molar-refractivity contribution in [1.29, 1.82) is 0 Å². The average molecular weight is 642 g/mol. The van der Waals surface area contributed by atoms with Crippen molar-refractivity contribution in [3.05, 3.63) is 125 Å². The fourth-order valence-corrected chi connectivity index (χ4v) is 6.56. The minimum atomic E-state index is -4.44. The summed E-state index contributed by atoms with van der Waals surface area (Å²) < 4.78 is 40.3. The maximum Gasteiger partial charge on any atom is 0.303 e. The highest BCUT2D eigenvalue weighted by Gasteiger charge is 2.31. The van der Waals surface area contributed by atoms with Crippen LogP contribution in [0.4, 0.5) is 5.69 Å². The Hall–Kier alpha value is -4.40. The monoisotopic (exact) mass is 641 g/mol. The van der Waals surface area contributed by atoms with Crippen LogP contribution in [0.15, 0.2) is 108 Å². The molecule has 8 heteroatoms. The number of rotatable bonds is 13. The number of hydrogen-bond donors (Lipinski definition) is 2. The smallest absolute Gasteiger partial charge is 0.303 e. The number of aryl methyl sites for hydroxylation is 1. The lowest BCUT2D eigenvalue weighted by Crippen LogP contribution is -2.25. The van der Waals surface area contributed by atoms with Gasteiger partial charge in [0.1, 0.15) is 11.5 Å². The molecule has 1 aliphatic heterocycles. The first kappa shape index (κ1) is 34.5. The van der Waals surface area contributed by atoms with E-state index < -0.39 is 21.5 Å². The van der Waals surface area contributed by atoms with E-state index >= 15 is 0 Å². The Kier molecular flexibility index (Phi) is 10.8. The highest BCUT2D eigenvalue weighted by Crippen LogP contribution is 2.44. The Morgan fingerprint density at radius 2 is 1.72 bits per heavy atom. The molecule has 0 spiro atoms. The van der Waals surface area contributed by atoms with Gasteiger partial charge >= 0.3 is 5.97 Å². The highest BCUT2D eigenvalue weighted by molar-refractivity contribution is 7.85. The Balaban J connectivity index is 1.80. The molecule has 1 heterocycles. The molecule has 1 atom stereocenters. The lowest BCUT2D eigenvalue weighted by atomic mass is 9.71. The van der Waals surface area contributed by atoms with Gasteiger partial charge in [0.15, 0.2) is 0 Å². The molecular weight excluding hydrogens is 598 g/mol. The van der Waals surface area contributed by atoms with Crippen LogP contribution >= 0.6 is 0 Å². The standard InChI is InChI=1S/C38H43NO6S/c1-7-39(8-2)30-20-22-33-32(28(5)37(45-35(33)24-30)29-15-10-9-11-16-29)17-12-14-27(4)38(6,23-13-18-36(40)41)34-25-31(46(42,43)44)21-19-26(34)3/h9-12,14-17,19-22,24-25H,4,7-8,13,18,23H2,1-3,5-6H3,(H,40,41)(H,42,43,44)/b14-12+,32-17+. The van der Waals surface area contributed by atoms with Gasteiger partial charge in [-0.25, -0.2) is 0 Å². The van der Waals surface area contributed by atoms with Crippen LogP contribution in [-0.2, 0) is 20.3 Å². The average Bonchev–Trinajstić information content (AvgIpc) is 3.02. The van der Waals surface area contributed by atoms with Crippen LogP contribution in [-0.4, -0.2) is 37.1 Å². The first-order valence-electron chi connectivity index (χ1n) is 15.5. The second-order valence-electron chi connectivity index (χ2n) is 11.8. The van der Waals surface area contributed by atoms with E-state index in [-0.39, 0.29) is 11.3 Å². The van der Waals surface area contributed by atoms with Gasteiger partial charge in [0.2, 0.25) is 0 Å². The van der Waals surface area contributed by atoms with Crippen molar-refractivity contribution in [3.8, 4) is 5.75 Å². The molecule has 242 valence electrons. The third kappa shape index (κ3) is 7.52. The summed E-state index contributed by atoms with van der Waals surface area (Å²) in [5.74, 6) is 0.637. The summed E-state index contributed by atoms with van der Waals surface area (Å²) in [5.41, 5.74) is 6.34. The summed E-state index contributed by atoms with van der Waals surface area (Å²) in [4.78, 5) is 13.4. The van der Waals surface area contributed by atoms with Crippen molar-refractivity contribution in [3.63, 3.8) is 0 Å². The number of benzene rings is 3. The summed E-state index contributed by atoms with van der Waals surface area (Å²) in [7, 11) is -4.44. The molecule has 0 amide bonds. The highest BCUT2D eigenvalue weighted by atomic mass is 32.2. The normalized spacial score (nSPS) is 15.4. The molecule has 0 saturated heterocycles. The van der Waals surface area contributed by atoms with Crippen LogP contribution in [0.1, 0.15) is 69.2 Å².